The molecule has 0 atom stereocenters. The predicted octanol–water partition coefficient (Wildman–Crippen LogP) is 4.00. The Morgan fingerprint density at radius 3 is 2.69 bits per heavy atom. The fourth-order valence-electron chi connectivity index (χ4n) is 2.91. The number of amidine groups is 1. The summed E-state index contributed by atoms with van der Waals surface area (Å²) in [5.74, 6) is 0.109. The molecule has 26 heavy (non-hydrogen) atoms. The lowest BCUT2D eigenvalue weighted by atomic mass is 10.2. The molecule has 0 radical (unpaired) electrons. The SMILES string of the molecule is N=C1C(c2nc3ccccc3c(=O)[nH]2)=C(O)CN1c1ccc(Cl)c(Cl)c1. The lowest BCUT2D eigenvalue weighted by Crippen LogP contribution is -2.26. The van der Waals surface area contributed by atoms with E-state index in [2.05, 4.69) is 9.97 Å². The van der Waals surface area contributed by atoms with E-state index in [0.29, 0.717) is 26.6 Å². The van der Waals surface area contributed by atoms with Crippen LogP contribution < -0.4 is 10.5 Å². The predicted molar refractivity (Wildman–Crippen MR) is 103 cm³/mol. The van der Waals surface area contributed by atoms with E-state index in [0.717, 1.165) is 0 Å². The molecule has 0 bridgehead atoms. The highest BCUT2D eigenvalue weighted by Gasteiger charge is 2.31. The van der Waals surface area contributed by atoms with Crippen molar-refractivity contribution in [2.75, 3.05) is 11.4 Å². The lowest BCUT2D eigenvalue weighted by Gasteiger charge is -2.19. The number of nitrogens with one attached hydrogen (secondary N) is 2. The summed E-state index contributed by atoms with van der Waals surface area (Å²) >= 11 is 12.0. The van der Waals surface area contributed by atoms with Crippen LogP contribution in [0.2, 0.25) is 10.0 Å². The maximum Gasteiger partial charge on any atom is 0.259 e. The Hall–Kier alpha value is -2.83. The van der Waals surface area contributed by atoms with E-state index in [1.807, 2.05) is 0 Å². The molecule has 0 spiro atoms. The third-order valence-electron chi connectivity index (χ3n) is 4.17. The van der Waals surface area contributed by atoms with E-state index in [1.54, 1.807) is 47.4 Å². The minimum absolute atomic E-state index is 0.0133. The van der Waals surface area contributed by atoms with Crippen molar-refractivity contribution < 1.29 is 5.11 Å². The van der Waals surface area contributed by atoms with Crippen LogP contribution in [-0.4, -0.2) is 27.5 Å². The van der Waals surface area contributed by atoms with E-state index in [-0.39, 0.29) is 35.1 Å². The number of nitrogens with zero attached hydrogens (tertiary/aromatic N) is 2. The number of aliphatic hydroxyl groups is 1. The highest BCUT2D eigenvalue weighted by atomic mass is 35.5. The van der Waals surface area contributed by atoms with Crippen molar-refractivity contribution in [3.05, 3.63) is 74.4 Å². The fraction of sp³-hybridized carbons (Fsp3) is 0.0556. The average Bonchev–Trinajstić information content (AvgIpc) is 2.92. The van der Waals surface area contributed by atoms with Crippen LogP contribution in [-0.2, 0) is 0 Å². The van der Waals surface area contributed by atoms with E-state index in [1.165, 1.54) is 0 Å². The van der Waals surface area contributed by atoms with Crippen LogP contribution in [0.3, 0.4) is 0 Å². The Morgan fingerprint density at radius 2 is 1.92 bits per heavy atom. The number of rotatable bonds is 2. The zero-order valence-electron chi connectivity index (χ0n) is 13.3. The minimum atomic E-state index is -0.327. The number of aliphatic hydroxyl groups excluding tert-OH is 1. The maximum atomic E-state index is 12.3. The smallest absolute Gasteiger partial charge is 0.259 e. The molecule has 0 amide bonds. The van der Waals surface area contributed by atoms with Crippen LogP contribution in [0.25, 0.3) is 16.5 Å². The molecule has 0 saturated carbocycles. The Labute approximate surface area is 157 Å². The number of para-hydroxylation sites is 1. The topological polar surface area (TPSA) is 93.1 Å². The highest BCUT2D eigenvalue weighted by molar-refractivity contribution is 6.42. The summed E-state index contributed by atoms with van der Waals surface area (Å²) in [6.07, 6.45) is 0. The molecule has 8 heteroatoms. The quantitative estimate of drug-likeness (QED) is 0.620. The Kier molecular flexibility index (Phi) is 3.94. The number of anilines is 1. The van der Waals surface area contributed by atoms with Gasteiger partial charge in [0.1, 0.15) is 17.4 Å². The van der Waals surface area contributed by atoms with Crippen LogP contribution in [0, 0.1) is 5.41 Å². The summed E-state index contributed by atoms with van der Waals surface area (Å²) in [4.78, 5) is 20.9. The summed E-state index contributed by atoms with van der Waals surface area (Å²) < 4.78 is 0. The first-order valence-corrected chi connectivity index (χ1v) is 8.44. The van der Waals surface area contributed by atoms with Gasteiger partial charge in [-0.25, -0.2) is 4.98 Å². The molecule has 1 aromatic heterocycles. The number of hydrogen-bond donors (Lipinski definition) is 3. The second kappa shape index (κ2) is 6.16. The summed E-state index contributed by atoms with van der Waals surface area (Å²) in [6, 6.07) is 11.8. The summed E-state index contributed by atoms with van der Waals surface area (Å²) in [6.45, 7) is 0.0721. The Balaban J connectivity index is 1.78. The molecular formula is C18H12Cl2N4O2. The molecule has 6 nitrogen and oxygen atoms in total. The summed E-state index contributed by atoms with van der Waals surface area (Å²) in [5, 5.41) is 20.0. The molecule has 0 unspecified atom stereocenters. The number of hydrogen-bond acceptors (Lipinski definition) is 4. The van der Waals surface area contributed by atoms with Gasteiger partial charge < -0.3 is 15.0 Å². The number of halogens is 2. The van der Waals surface area contributed by atoms with E-state index < -0.39 is 0 Å². The van der Waals surface area contributed by atoms with Crippen LogP contribution in [0.4, 0.5) is 5.69 Å². The average molecular weight is 387 g/mol. The summed E-state index contributed by atoms with van der Waals surface area (Å²) in [5.41, 5.74) is 0.951. The largest absolute Gasteiger partial charge is 0.509 e. The van der Waals surface area contributed by atoms with Crippen LogP contribution in [0.5, 0.6) is 0 Å². The second-order valence-corrected chi connectivity index (χ2v) is 6.60. The van der Waals surface area contributed by atoms with Crippen molar-refractivity contribution in [2.45, 2.75) is 0 Å². The first-order valence-electron chi connectivity index (χ1n) is 7.69. The van der Waals surface area contributed by atoms with Gasteiger partial charge in [-0.15, -0.1) is 0 Å². The van der Waals surface area contributed by atoms with Crippen molar-refractivity contribution in [3.8, 4) is 0 Å². The normalized spacial score (nSPS) is 14.5. The molecular weight excluding hydrogens is 375 g/mol. The molecule has 3 N–H and O–H groups in total. The molecule has 4 rings (SSSR count). The molecule has 0 aliphatic carbocycles. The molecule has 2 heterocycles. The minimum Gasteiger partial charge on any atom is -0.509 e. The standard InChI is InChI=1S/C18H12Cl2N4O2/c19-11-6-5-9(7-12(11)20)24-8-14(25)15(16(24)21)17-22-13-4-2-1-3-10(13)18(26)23-17/h1-7,21,25H,8H2,(H,22,23,26). The number of aromatic amines is 1. The molecule has 3 aromatic rings. The lowest BCUT2D eigenvalue weighted by molar-refractivity contribution is 0.411. The van der Waals surface area contributed by atoms with Crippen molar-refractivity contribution in [3.63, 3.8) is 0 Å². The van der Waals surface area contributed by atoms with Gasteiger partial charge in [0.15, 0.2) is 0 Å². The molecule has 130 valence electrons. The number of H-pyrrole nitrogens is 1. The third kappa shape index (κ3) is 2.64. The van der Waals surface area contributed by atoms with E-state index in [4.69, 9.17) is 28.6 Å². The molecule has 0 fully saturated rings. The monoisotopic (exact) mass is 386 g/mol. The van der Waals surface area contributed by atoms with Crippen LogP contribution in [0.15, 0.2) is 53.0 Å². The molecule has 1 aliphatic heterocycles. The van der Waals surface area contributed by atoms with Gasteiger partial charge in [-0.2, -0.15) is 0 Å². The van der Waals surface area contributed by atoms with Crippen LogP contribution in [0.1, 0.15) is 5.82 Å². The zero-order chi connectivity index (χ0) is 18.4. The van der Waals surface area contributed by atoms with Crippen molar-refractivity contribution >= 4 is 51.2 Å². The second-order valence-electron chi connectivity index (χ2n) is 5.79. The van der Waals surface area contributed by atoms with Crippen molar-refractivity contribution in [2.24, 2.45) is 0 Å². The molecule has 1 aliphatic rings. The van der Waals surface area contributed by atoms with Gasteiger partial charge in [-0.3, -0.25) is 10.2 Å². The zero-order valence-corrected chi connectivity index (χ0v) is 14.8. The van der Waals surface area contributed by atoms with Gasteiger partial charge in [0.2, 0.25) is 0 Å². The summed E-state index contributed by atoms with van der Waals surface area (Å²) in [7, 11) is 0. The van der Waals surface area contributed by atoms with Gasteiger partial charge in [0.25, 0.3) is 5.56 Å². The van der Waals surface area contributed by atoms with Gasteiger partial charge in [0.05, 0.1) is 33.1 Å². The van der Waals surface area contributed by atoms with Gasteiger partial charge in [-0.1, -0.05) is 35.3 Å². The Morgan fingerprint density at radius 1 is 1.15 bits per heavy atom. The maximum absolute atomic E-state index is 12.3. The first kappa shape index (κ1) is 16.6. The number of aromatic nitrogens is 2. The number of benzene rings is 2. The molecule has 0 saturated heterocycles. The van der Waals surface area contributed by atoms with Crippen LogP contribution >= 0.6 is 23.2 Å². The van der Waals surface area contributed by atoms with Gasteiger partial charge in [-0.05, 0) is 30.3 Å². The molecule has 2 aromatic carbocycles. The van der Waals surface area contributed by atoms with E-state index >= 15 is 0 Å². The van der Waals surface area contributed by atoms with E-state index in [9.17, 15) is 9.90 Å². The highest BCUT2D eigenvalue weighted by Crippen LogP contribution is 2.33. The fourth-order valence-corrected chi connectivity index (χ4v) is 3.20. The third-order valence-corrected chi connectivity index (χ3v) is 4.91. The number of fused-ring (bicyclic) bond motifs is 1. The first-order chi connectivity index (χ1) is 12.5. The van der Waals surface area contributed by atoms with Crippen molar-refractivity contribution in [1.82, 2.24) is 9.97 Å². The van der Waals surface area contributed by atoms with Crippen molar-refractivity contribution in [1.29, 1.82) is 5.41 Å². The Bertz CT molecular complexity index is 1150. The van der Waals surface area contributed by atoms with Gasteiger partial charge in [0, 0.05) is 5.69 Å². The van der Waals surface area contributed by atoms with Gasteiger partial charge >= 0.3 is 0 Å².